The highest BCUT2D eigenvalue weighted by Crippen LogP contribution is 2.36. The third kappa shape index (κ3) is 3.67. The molecular weight excluding hydrogens is 322 g/mol. The Balaban J connectivity index is 1.86. The number of hydrogen-bond donors (Lipinski definition) is 1. The van der Waals surface area contributed by atoms with Crippen molar-refractivity contribution in [2.45, 2.75) is 32.1 Å². The van der Waals surface area contributed by atoms with Crippen molar-refractivity contribution in [1.82, 2.24) is 0 Å². The molecular formula is C19H21NO3S. The van der Waals surface area contributed by atoms with Gasteiger partial charge in [-0.25, -0.2) is 4.79 Å². The van der Waals surface area contributed by atoms with E-state index in [1.807, 2.05) is 36.4 Å². The Morgan fingerprint density at radius 2 is 1.83 bits per heavy atom. The van der Waals surface area contributed by atoms with Crippen LogP contribution in [-0.2, 0) is 9.53 Å². The second-order valence-corrected chi connectivity index (χ2v) is 7.09. The minimum Gasteiger partial charge on any atom is -0.465 e. The average molecular weight is 343 g/mol. The van der Waals surface area contributed by atoms with Gasteiger partial charge in [0, 0.05) is 10.8 Å². The van der Waals surface area contributed by atoms with E-state index in [1.54, 1.807) is 0 Å². The summed E-state index contributed by atoms with van der Waals surface area (Å²) < 4.78 is 4.87. The molecule has 0 bridgehead atoms. The van der Waals surface area contributed by atoms with Crippen LogP contribution in [0, 0.1) is 5.92 Å². The van der Waals surface area contributed by atoms with E-state index < -0.39 is 5.97 Å². The second-order valence-electron chi connectivity index (χ2n) is 6.04. The normalized spacial score (nSPS) is 15.0. The number of esters is 1. The zero-order valence-electron chi connectivity index (χ0n) is 13.7. The summed E-state index contributed by atoms with van der Waals surface area (Å²) in [6.07, 6.45) is 5.25. The molecule has 3 rings (SSSR count). The first kappa shape index (κ1) is 16.7. The van der Waals surface area contributed by atoms with E-state index >= 15 is 0 Å². The van der Waals surface area contributed by atoms with Crippen LogP contribution in [0.2, 0.25) is 0 Å². The van der Waals surface area contributed by atoms with Crippen molar-refractivity contribution in [3.63, 3.8) is 0 Å². The van der Waals surface area contributed by atoms with Gasteiger partial charge in [0.05, 0.1) is 12.8 Å². The summed E-state index contributed by atoms with van der Waals surface area (Å²) in [6, 6.07) is 11.7. The molecule has 0 saturated heterocycles. The smallest absolute Gasteiger partial charge is 0.350 e. The van der Waals surface area contributed by atoms with Gasteiger partial charge in [0.15, 0.2) is 0 Å². The molecule has 1 amide bonds. The summed E-state index contributed by atoms with van der Waals surface area (Å²) in [5.74, 6) is -0.359. The standard InChI is InChI=1S/C19H21NO3S/c1-23-19(22)17-15(20-18(21)14-10-6-3-7-11-14)12-16(24-17)13-8-4-2-5-9-13/h2,4-5,8-9,12,14H,3,6-7,10-11H2,1H3,(H,20,21). The Morgan fingerprint density at radius 3 is 2.50 bits per heavy atom. The molecule has 1 saturated carbocycles. The number of benzene rings is 1. The predicted molar refractivity (Wildman–Crippen MR) is 96.3 cm³/mol. The largest absolute Gasteiger partial charge is 0.465 e. The first-order chi connectivity index (χ1) is 11.7. The number of ether oxygens (including phenoxy) is 1. The fraction of sp³-hybridized carbons (Fsp3) is 0.368. The first-order valence-electron chi connectivity index (χ1n) is 8.27. The van der Waals surface area contributed by atoms with E-state index in [4.69, 9.17) is 4.74 Å². The summed E-state index contributed by atoms with van der Waals surface area (Å²) in [6.45, 7) is 0. The SMILES string of the molecule is COC(=O)c1sc(-c2ccccc2)cc1NC(=O)C1CCCCC1. The van der Waals surface area contributed by atoms with E-state index in [1.165, 1.54) is 24.9 Å². The molecule has 0 atom stereocenters. The molecule has 24 heavy (non-hydrogen) atoms. The van der Waals surface area contributed by atoms with Crippen LogP contribution in [-0.4, -0.2) is 19.0 Å². The van der Waals surface area contributed by atoms with Crippen LogP contribution in [0.5, 0.6) is 0 Å². The number of rotatable bonds is 4. The second kappa shape index (κ2) is 7.62. The maximum Gasteiger partial charge on any atom is 0.350 e. The van der Waals surface area contributed by atoms with Crippen molar-refractivity contribution < 1.29 is 14.3 Å². The van der Waals surface area contributed by atoms with Gasteiger partial charge in [-0.15, -0.1) is 11.3 Å². The maximum absolute atomic E-state index is 12.5. The highest BCUT2D eigenvalue weighted by Gasteiger charge is 2.24. The van der Waals surface area contributed by atoms with Crippen molar-refractivity contribution >= 4 is 28.9 Å². The van der Waals surface area contributed by atoms with Gasteiger partial charge in [-0.2, -0.15) is 0 Å². The molecule has 0 aliphatic heterocycles. The summed E-state index contributed by atoms with van der Waals surface area (Å²) in [4.78, 5) is 26.0. The lowest BCUT2D eigenvalue weighted by atomic mass is 9.88. The average Bonchev–Trinajstić information content (AvgIpc) is 3.06. The van der Waals surface area contributed by atoms with E-state index in [0.29, 0.717) is 10.6 Å². The molecule has 0 spiro atoms. The van der Waals surface area contributed by atoms with Gasteiger partial charge in [-0.05, 0) is 24.5 Å². The number of carbonyl (C=O) groups is 2. The number of anilines is 1. The van der Waals surface area contributed by atoms with Crippen LogP contribution in [0.15, 0.2) is 36.4 Å². The van der Waals surface area contributed by atoms with Gasteiger partial charge >= 0.3 is 5.97 Å². The quantitative estimate of drug-likeness (QED) is 0.817. The Kier molecular flexibility index (Phi) is 5.30. The molecule has 0 unspecified atom stereocenters. The molecule has 2 aromatic rings. The number of carbonyl (C=O) groups excluding carboxylic acids is 2. The number of nitrogens with one attached hydrogen (secondary N) is 1. The molecule has 1 aliphatic carbocycles. The highest BCUT2D eigenvalue weighted by molar-refractivity contribution is 7.18. The Morgan fingerprint density at radius 1 is 1.12 bits per heavy atom. The lowest BCUT2D eigenvalue weighted by Crippen LogP contribution is -2.25. The molecule has 1 aromatic heterocycles. The van der Waals surface area contributed by atoms with Gasteiger partial charge < -0.3 is 10.1 Å². The number of hydrogen-bond acceptors (Lipinski definition) is 4. The highest BCUT2D eigenvalue weighted by atomic mass is 32.1. The third-order valence-corrected chi connectivity index (χ3v) is 5.56. The van der Waals surface area contributed by atoms with Crippen LogP contribution >= 0.6 is 11.3 Å². The van der Waals surface area contributed by atoms with Crippen molar-refractivity contribution in [3.05, 3.63) is 41.3 Å². The maximum atomic E-state index is 12.5. The minimum absolute atomic E-state index is 0.0114. The summed E-state index contributed by atoms with van der Waals surface area (Å²) in [5, 5.41) is 2.96. The predicted octanol–water partition coefficient (Wildman–Crippen LogP) is 4.72. The molecule has 126 valence electrons. The lowest BCUT2D eigenvalue weighted by molar-refractivity contribution is -0.120. The van der Waals surface area contributed by atoms with Crippen LogP contribution in [0.3, 0.4) is 0 Å². The molecule has 4 nitrogen and oxygen atoms in total. The minimum atomic E-state index is -0.416. The van der Waals surface area contributed by atoms with E-state index in [9.17, 15) is 9.59 Å². The Bertz CT molecular complexity index is 717. The molecule has 1 aromatic carbocycles. The molecule has 0 radical (unpaired) electrons. The zero-order valence-corrected chi connectivity index (χ0v) is 14.5. The summed E-state index contributed by atoms with van der Waals surface area (Å²) in [7, 11) is 1.36. The monoisotopic (exact) mass is 343 g/mol. The number of thiophene rings is 1. The van der Waals surface area contributed by atoms with Crippen LogP contribution in [0.25, 0.3) is 10.4 Å². The van der Waals surface area contributed by atoms with Crippen LogP contribution in [0.1, 0.15) is 41.8 Å². The lowest BCUT2D eigenvalue weighted by Gasteiger charge is -2.20. The molecule has 1 fully saturated rings. The van der Waals surface area contributed by atoms with Crippen molar-refractivity contribution in [2.75, 3.05) is 12.4 Å². The molecule has 5 heteroatoms. The van der Waals surface area contributed by atoms with Crippen molar-refractivity contribution in [1.29, 1.82) is 0 Å². The van der Waals surface area contributed by atoms with Gasteiger partial charge in [-0.1, -0.05) is 49.6 Å². The van der Waals surface area contributed by atoms with Gasteiger partial charge in [0.2, 0.25) is 5.91 Å². The van der Waals surface area contributed by atoms with Crippen molar-refractivity contribution in [2.24, 2.45) is 5.92 Å². The summed E-state index contributed by atoms with van der Waals surface area (Å²) in [5.41, 5.74) is 1.58. The topological polar surface area (TPSA) is 55.4 Å². The van der Waals surface area contributed by atoms with Gasteiger partial charge in [0.1, 0.15) is 4.88 Å². The molecule has 1 aliphatic rings. The van der Waals surface area contributed by atoms with Crippen LogP contribution < -0.4 is 5.32 Å². The van der Waals surface area contributed by atoms with Gasteiger partial charge in [-0.3, -0.25) is 4.79 Å². The van der Waals surface area contributed by atoms with Gasteiger partial charge in [0.25, 0.3) is 0 Å². The van der Waals surface area contributed by atoms with E-state index in [2.05, 4.69) is 5.32 Å². The summed E-state index contributed by atoms with van der Waals surface area (Å²) >= 11 is 1.34. The number of amides is 1. The molecule has 1 N–H and O–H groups in total. The number of methoxy groups -OCH3 is 1. The Labute approximate surface area is 145 Å². The first-order valence-corrected chi connectivity index (χ1v) is 9.09. The fourth-order valence-corrected chi connectivity index (χ4v) is 4.11. The van der Waals surface area contributed by atoms with Crippen molar-refractivity contribution in [3.8, 4) is 10.4 Å². The van der Waals surface area contributed by atoms with E-state index in [0.717, 1.165) is 36.1 Å². The molecule has 1 heterocycles. The fourth-order valence-electron chi connectivity index (χ4n) is 3.07. The van der Waals surface area contributed by atoms with Crippen LogP contribution in [0.4, 0.5) is 5.69 Å². The zero-order chi connectivity index (χ0) is 16.9. The van der Waals surface area contributed by atoms with E-state index in [-0.39, 0.29) is 11.8 Å². The third-order valence-electron chi connectivity index (χ3n) is 4.40. The Hall–Kier alpha value is -2.14.